The van der Waals surface area contributed by atoms with E-state index in [4.69, 9.17) is 0 Å². The number of benzene rings is 4. The van der Waals surface area contributed by atoms with Crippen LogP contribution in [0.2, 0.25) is 0 Å². The van der Waals surface area contributed by atoms with E-state index in [9.17, 15) is 0 Å². The van der Waals surface area contributed by atoms with Crippen molar-refractivity contribution in [2.45, 2.75) is 12.3 Å². The van der Waals surface area contributed by atoms with Gasteiger partial charge in [0.05, 0.1) is 11.1 Å². The molecule has 0 spiro atoms. The van der Waals surface area contributed by atoms with Crippen molar-refractivity contribution < 1.29 is 0 Å². The molecule has 4 aromatic carbocycles. The molecular weight excluding hydrogens is 546 g/mol. The molecule has 1 aromatic heterocycles. The number of halogens is 2. The third-order valence-electron chi connectivity index (χ3n) is 6.82. The molecule has 3 heteroatoms. The first-order valence-corrected chi connectivity index (χ1v) is 12.9. The summed E-state index contributed by atoms with van der Waals surface area (Å²) < 4.78 is 2.17. The zero-order valence-electron chi connectivity index (χ0n) is 18.6. The number of hydrogen-bond acceptors (Lipinski definition) is 1. The molecule has 0 unspecified atom stereocenters. The van der Waals surface area contributed by atoms with E-state index in [0.29, 0.717) is 0 Å². The van der Waals surface area contributed by atoms with Gasteiger partial charge in [-0.25, -0.2) is 0 Å². The summed E-state index contributed by atoms with van der Waals surface area (Å²) in [5, 5.41) is 0. The van der Waals surface area contributed by atoms with Gasteiger partial charge in [0.1, 0.15) is 0 Å². The van der Waals surface area contributed by atoms with Crippen molar-refractivity contribution in [1.82, 2.24) is 4.98 Å². The van der Waals surface area contributed by atoms with Crippen LogP contribution >= 0.6 is 31.9 Å². The lowest BCUT2D eigenvalue weighted by molar-refractivity contribution is 0.767. The zero-order valence-corrected chi connectivity index (χ0v) is 21.8. The van der Waals surface area contributed by atoms with Gasteiger partial charge in [-0.15, -0.1) is 0 Å². The van der Waals surface area contributed by atoms with Crippen LogP contribution in [-0.2, 0) is 5.41 Å². The Hall–Kier alpha value is -3.01. The Kier molecular flexibility index (Phi) is 5.28. The molecule has 5 aromatic rings. The Balaban J connectivity index is 1.68. The van der Waals surface area contributed by atoms with Gasteiger partial charge < -0.3 is 0 Å². The molecule has 0 aliphatic heterocycles. The smallest absolute Gasteiger partial charge is 0.0714 e. The summed E-state index contributed by atoms with van der Waals surface area (Å²) in [7, 11) is 0. The van der Waals surface area contributed by atoms with Gasteiger partial charge >= 0.3 is 0 Å². The van der Waals surface area contributed by atoms with Crippen molar-refractivity contribution in [3.63, 3.8) is 0 Å². The number of aromatic nitrogens is 1. The van der Waals surface area contributed by atoms with Gasteiger partial charge in [0.25, 0.3) is 0 Å². The van der Waals surface area contributed by atoms with Crippen LogP contribution in [0.4, 0.5) is 0 Å². The minimum atomic E-state index is -0.422. The van der Waals surface area contributed by atoms with Crippen LogP contribution in [0, 0.1) is 6.92 Å². The molecule has 34 heavy (non-hydrogen) atoms. The molecule has 1 aliphatic rings. The topological polar surface area (TPSA) is 12.9 Å². The fraction of sp³-hybridized carbons (Fsp3) is 0.0645. The van der Waals surface area contributed by atoms with Gasteiger partial charge in [-0.1, -0.05) is 104 Å². The van der Waals surface area contributed by atoms with Crippen LogP contribution in [-0.4, -0.2) is 4.98 Å². The molecule has 0 saturated carbocycles. The van der Waals surface area contributed by atoms with Crippen molar-refractivity contribution in [1.29, 1.82) is 0 Å². The van der Waals surface area contributed by atoms with Gasteiger partial charge in [-0.05, 0) is 76.7 Å². The van der Waals surface area contributed by atoms with E-state index in [1.807, 2.05) is 18.3 Å². The van der Waals surface area contributed by atoms with Gasteiger partial charge in [-0.3, -0.25) is 4.98 Å². The molecule has 1 heterocycles. The maximum absolute atomic E-state index is 4.54. The van der Waals surface area contributed by atoms with Crippen molar-refractivity contribution in [2.24, 2.45) is 0 Å². The number of aryl methyl sites for hydroxylation is 1. The third kappa shape index (κ3) is 3.30. The van der Waals surface area contributed by atoms with Crippen LogP contribution in [0.25, 0.3) is 22.4 Å². The molecule has 6 rings (SSSR count). The number of pyridine rings is 1. The van der Waals surface area contributed by atoms with E-state index in [1.54, 1.807) is 0 Å². The second-order valence-electron chi connectivity index (χ2n) is 8.79. The second kappa shape index (κ2) is 8.33. The van der Waals surface area contributed by atoms with E-state index < -0.39 is 5.41 Å². The van der Waals surface area contributed by atoms with E-state index in [0.717, 1.165) is 20.2 Å². The number of fused-ring (bicyclic) bond motifs is 3. The summed E-state index contributed by atoms with van der Waals surface area (Å²) in [5.41, 5.74) is 10.6. The molecular formula is C31H21Br2N. The fourth-order valence-corrected chi connectivity index (χ4v) is 6.01. The number of rotatable bonds is 3. The van der Waals surface area contributed by atoms with Crippen LogP contribution in [0.15, 0.2) is 118 Å². The highest BCUT2D eigenvalue weighted by Gasteiger charge is 2.46. The van der Waals surface area contributed by atoms with Gasteiger partial charge in [-0.2, -0.15) is 0 Å². The van der Waals surface area contributed by atoms with Crippen molar-refractivity contribution in [3.05, 3.63) is 146 Å². The minimum absolute atomic E-state index is 0.422. The average molecular weight is 567 g/mol. The first-order chi connectivity index (χ1) is 16.6. The fourth-order valence-electron chi connectivity index (χ4n) is 5.29. The molecule has 0 N–H and O–H groups in total. The normalized spacial score (nSPS) is 13.4. The summed E-state index contributed by atoms with van der Waals surface area (Å²) in [4.78, 5) is 4.54. The second-order valence-corrected chi connectivity index (χ2v) is 10.6. The molecule has 0 fully saturated rings. The Bertz CT molecular complexity index is 1450. The van der Waals surface area contributed by atoms with E-state index in [-0.39, 0.29) is 0 Å². The van der Waals surface area contributed by atoms with Crippen LogP contribution in [0.1, 0.15) is 27.8 Å². The Morgan fingerprint density at radius 3 is 1.71 bits per heavy atom. The lowest BCUT2D eigenvalue weighted by atomic mass is 9.67. The Morgan fingerprint density at radius 2 is 1.18 bits per heavy atom. The monoisotopic (exact) mass is 565 g/mol. The van der Waals surface area contributed by atoms with E-state index in [2.05, 4.69) is 135 Å². The van der Waals surface area contributed by atoms with Crippen molar-refractivity contribution in [3.8, 4) is 22.4 Å². The summed E-state index contributed by atoms with van der Waals surface area (Å²) in [6, 6.07) is 37.3. The highest BCUT2D eigenvalue weighted by atomic mass is 79.9. The van der Waals surface area contributed by atoms with Crippen LogP contribution in [0.3, 0.4) is 0 Å². The molecule has 1 aliphatic carbocycles. The average Bonchev–Trinajstić information content (AvgIpc) is 3.14. The molecule has 0 atom stereocenters. The summed E-state index contributed by atoms with van der Waals surface area (Å²) in [6.07, 6.45) is 1.84. The van der Waals surface area contributed by atoms with Crippen molar-refractivity contribution >= 4 is 31.9 Å². The first kappa shape index (κ1) is 21.5. The van der Waals surface area contributed by atoms with Crippen molar-refractivity contribution in [2.75, 3.05) is 0 Å². The zero-order chi connectivity index (χ0) is 23.3. The molecule has 164 valence electrons. The maximum Gasteiger partial charge on any atom is 0.0714 e. The molecule has 0 amide bonds. The van der Waals surface area contributed by atoms with Gasteiger partial charge in [0.15, 0.2) is 0 Å². The largest absolute Gasteiger partial charge is 0.256 e. The molecule has 0 radical (unpaired) electrons. The third-order valence-corrected chi connectivity index (χ3v) is 7.81. The first-order valence-electron chi connectivity index (χ1n) is 11.3. The standard InChI is InChI=1S/C31H21Br2N/c1-20-5-9-22(10-6-20)31(23-11-7-21(8-12-23)30-4-2-3-17-34-30)28-18-24(32)13-15-26(28)27-16-14-25(33)19-29(27)31/h2-19H,1H3. The summed E-state index contributed by atoms with van der Waals surface area (Å²) in [5.74, 6) is 0. The number of hydrogen-bond donors (Lipinski definition) is 0. The van der Waals surface area contributed by atoms with Gasteiger partial charge in [0.2, 0.25) is 0 Å². The maximum atomic E-state index is 4.54. The molecule has 0 bridgehead atoms. The Labute approximate surface area is 216 Å². The quantitative estimate of drug-likeness (QED) is 0.208. The molecule has 1 nitrogen and oxygen atoms in total. The Morgan fingerprint density at radius 1 is 0.618 bits per heavy atom. The van der Waals surface area contributed by atoms with Gasteiger partial charge in [0, 0.05) is 20.7 Å². The predicted octanol–water partition coefficient (Wildman–Crippen LogP) is 8.95. The summed E-state index contributed by atoms with van der Waals surface area (Å²) in [6.45, 7) is 2.14. The van der Waals surface area contributed by atoms with Crippen LogP contribution in [0.5, 0.6) is 0 Å². The predicted molar refractivity (Wildman–Crippen MR) is 147 cm³/mol. The lowest BCUT2D eigenvalue weighted by Crippen LogP contribution is -2.28. The van der Waals surface area contributed by atoms with E-state index in [1.165, 1.54) is 38.9 Å². The summed E-state index contributed by atoms with van der Waals surface area (Å²) >= 11 is 7.51. The highest BCUT2D eigenvalue weighted by Crippen LogP contribution is 2.57. The van der Waals surface area contributed by atoms with Crippen LogP contribution < -0.4 is 0 Å². The highest BCUT2D eigenvalue weighted by molar-refractivity contribution is 9.10. The van der Waals surface area contributed by atoms with E-state index >= 15 is 0 Å². The minimum Gasteiger partial charge on any atom is -0.256 e. The SMILES string of the molecule is Cc1ccc(C2(c3ccc(-c4ccccn4)cc3)c3cc(Br)ccc3-c3ccc(Br)cc32)cc1. The number of nitrogens with zero attached hydrogens (tertiary/aromatic N) is 1. The molecule has 0 saturated heterocycles. The lowest BCUT2D eigenvalue weighted by Gasteiger charge is -2.34.